The van der Waals surface area contributed by atoms with Crippen LogP contribution in [0.15, 0.2) is 53.4 Å². The normalized spacial score (nSPS) is 15.3. The highest BCUT2D eigenvalue weighted by Crippen LogP contribution is 2.30. The highest BCUT2D eigenvalue weighted by atomic mass is 32.2. The Labute approximate surface area is 155 Å². The average molecular weight is 367 g/mol. The zero-order valence-corrected chi connectivity index (χ0v) is 15.0. The molecule has 0 aliphatic carbocycles. The summed E-state index contributed by atoms with van der Waals surface area (Å²) in [5, 5.41) is 8.90. The number of imide groups is 1. The van der Waals surface area contributed by atoms with Gasteiger partial charge < -0.3 is 5.11 Å². The first-order valence-electron chi connectivity index (χ1n) is 8.04. The molecule has 2 aromatic rings. The molecule has 0 saturated heterocycles. The van der Waals surface area contributed by atoms with Crippen LogP contribution in [0.1, 0.15) is 27.9 Å². The molecule has 1 heterocycles. The molecule has 0 fully saturated rings. The lowest BCUT2D eigenvalue weighted by atomic mass is 9.92. The van der Waals surface area contributed by atoms with Crippen LogP contribution in [0.4, 0.5) is 0 Å². The Morgan fingerprint density at radius 2 is 1.69 bits per heavy atom. The molecule has 0 unspecified atom stereocenters. The van der Waals surface area contributed by atoms with Crippen LogP contribution in [0.3, 0.4) is 0 Å². The van der Waals surface area contributed by atoms with E-state index in [-0.39, 0.29) is 13.0 Å². The van der Waals surface area contributed by atoms with Gasteiger partial charge in [-0.15, -0.1) is 11.8 Å². The number of carboxylic acid groups (broad SMARTS) is 1. The van der Waals surface area contributed by atoms with Gasteiger partial charge in [-0.25, -0.2) is 0 Å². The molecule has 2 aromatic carbocycles. The topological polar surface area (TPSA) is 74.7 Å². The third-order valence-electron chi connectivity index (χ3n) is 4.14. The summed E-state index contributed by atoms with van der Waals surface area (Å²) in [5.74, 6) is -1.98. The molecule has 5 nitrogen and oxygen atoms in total. The lowest BCUT2D eigenvalue weighted by Gasteiger charge is -2.28. The van der Waals surface area contributed by atoms with Crippen LogP contribution in [-0.2, 0) is 9.59 Å². The molecule has 0 aromatic heterocycles. The number of benzene rings is 2. The first kappa shape index (κ1) is 17.9. The Bertz CT molecular complexity index is 902. The number of carbonyl (C=O) groups excluding carboxylic acids is 2. The van der Waals surface area contributed by atoms with Gasteiger partial charge in [-0.05, 0) is 41.7 Å². The Morgan fingerprint density at radius 1 is 1.04 bits per heavy atom. The molecule has 2 amide bonds. The molecule has 1 aliphatic rings. The molecule has 0 spiro atoms. The number of rotatable bonds is 5. The average Bonchev–Trinajstić information content (AvgIpc) is 2.65. The van der Waals surface area contributed by atoms with Crippen molar-refractivity contribution >= 4 is 41.2 Å². The van der Waals surface area contributed by atoms with Crippen LogP contribution in [0.5, 0.6) is 0 Å². The molecule has 0 saturated carbocycles. The lowest BCUT2D eigenvalue weighted by Crippen LogP contribution is -2.42. The van der Waals surface area contributed by atoms with E-state index in [1.54, 1.807) is 42.1 Å². The molecule has 1 aliphatic heterocycles. The maximum atomic E-state index is 12.9. The highest BCUT2D eigenvalue weighted by molar-refractivity contribution is 7.98. The second-order valence-electron chi connectivity index (χ2n) is 5.78. The third-order valence-corrected chi connectivity index (χ3v) is 4.89. The smallest absolute Gasteiger partial charge is 0.305 e. The van der Waals surface area contributed by atoms with Gasteiger partial charge in [-0.1, -0.05) is 30.3 Å². The molecular formula is C20H17NO4S. The van der Waals surface area contributed by atoms with Crippen molar-refractivity contribution in [2.45, 2.75) is 11.3 Å². The molecule has 26 heavy (non-hydrogen) atoms. The van der Waals surface area contributed by atoms with E-state index in [9.17, 15) is 14.4 Å². The van der Waals surface area contributed by atoms with E-state index < -0.39 is 17.8 Å². The Morgan fingerprint density at radius 3 is 2.31 bits per heavy atom. The van der Waals surface area contributed by atoms with Gasteiger partial charge in [0, 0.05) is 22.6 Å². The molecular weight excluding hydrogens is 350 g/mol. The van der Waals surface area contributed by atoms with E-state index >= 15 is 0 Å². The summed E-state index contributed by atoms with van der Waals surface area (Å²) in [5.41, 5.74) is 2.21. The fraction of sp³-hybridized carbons (Fsp3) is 0.150. The summed E-state index contributed by atoms with van der Waals surface area (Å²) >= 11 is 1.63. The largest absolute Gasteiger partial charge is 0.481 e. The van der Waals surface area contributed by atoms with Gasteiger partial charge in [0.1, 0.15) is 0 Å². The van der Waals surface area contributed by atoms with E-state index in [2.05, 4.69) is 0 Å². The van der Waals surface area contributed by atoms with Crippen molar-refractivity contribution in [1.82, 2.24) is 4.90 Å². The number of hydrogen-bond donors (Lipinski definition) is 1. The van der Waals surface area contributed by atoms with Crippen LogP contribution in [0.2, 0.25) is 0 Å². The second-order valence-corrected chi connectivity index (χ2v) is 6.66. The maximum absolute atomic E-state index is 12.9. The van der Waals surface area contributed by atoms with Crippen molar-refractivity contribution in [2.75, 3.05) is 12.8 Å². The van der Waals surface area contributed by atoms with Crippen molar-refractivity contribution < 1.29 is 19.5 Å². The Hall–Kier alpha value is -2.86. The Balaban J connectivity index is 2.05. The summed E-state index contributed by atoms with van der Waals surface area (Å²) in [7, 11) is 0. The summed E-state index contributed by atoms with van der Waals surface area (Å²) < 4.78 is 0. The summed E-state index contributed by atoms with van der Waals surface area (Å²) in [4.78, 5) is 38.5. The standard InChI is InChI=1S/C20H17NO4S/c1-26-14-8-6-13(7-9-14)12-17-15-4-2-3-5-16(15)19(24)21(20(17)25)11-10-18(22)23/h2-9,12H,10-11H2,1H3,(H,22,23)/b17-12-. The zero-order valence-electron chi connectivity index (χ0n) is 14.1. The molecule has 1 N–H and O–H groups in total. The van der Waals surface area contributed by atoms with Crippen LogP contribution in [0, 0.1) is 0 Å². The number of fused-ring (bicyclic) bond motifs is 1. The van der Waals surface area contributed by atoms with Crippen molar-refractivity contribution in [1.29, 1.82) is 0 Å². The van der Waals surface area contributed by atoms with Crippen molar-refractivity contribution in [3.8, 4) is 0 Å². The third kappa shape index (κ3) is 3.55. The van der Waals surface area contributed by atoms with Crippen LogP contribution in [-0.4, -0.2) is 40.6 Å². The minimum atomic E-state index is -1.05. The van der Waals surface area contributed by atoms with Crippen LogP contribution >= 0.6 is 11.8 Å². The van der Waals surface area contributed by atoms with Gasteiger partial charge >= 0.3 is 5.97 Å². The lowest BCUT2D eigenvalue weighted by molar-refractivity contribution is -0.137. The molecule has 3 rings (SSSR count). The SMILES string of the molecule is CSc1ccc(/C=C2\C(=O)N(CCC(=O)O)C(=O)c3ccccc32)cc1. The Kier molecular flexibility index (Phi) is 5.23. The summed E-state index contributed by atoms with van der Waals surface area (Å²) in [6, 6.07) is 14.6. The quantitative estimate of drug-likeness (QED) is 0.498. The van der Waals surface area contributed by atoms with E-state index in [4.69, 9.17) is 5.11 Å². The monoisotopic (exact) mass is 367 g/mol. The number of hydrogen-bond acceptors (Lipinski definition) is 4. The van der Waals surface area contributed by atoms with Crippen LogP contribution < -0.4 is 0 Å². The molecule has 6 heteroatoms. The molecule has 0 bridgehead atoms. The van der Waals surface area contributed by atoms with E-state index in [1.165, 1.54) is 0 Å². The molecule has 0 atom stereocenters. The number of thioether (sulfide) groups is 1. The first-order valence-corrected chi connectivity index (χ1v) is 9.27. The van der Waals surface area contributed by atoms with Gasteiger partial charge in [-0.3, -0.25) is 19.3 Å². The van der Waals surface area contributed by atoms with E-state index in [0.29, 0.717) is 16.7 Å². The maximum Gasteiger partial charge on any atom is 0.305 e. The summed E-state index contributed by atoms with van der Waals surface area (Å²) in [6.45, 7) is -0.149. The fourth-order valence-corrected chi connectivity index (χ4v) is 3.23. The second kappa shape index (κ2) is 7.58. The minimum Gasteiger partial charge on any atom is -0.481 e. The molecule has 132 valence electrons. The van der Waals surface area contributed by atoms with Crippen molar-refractivity contribution in [3.05, 3.63) is 65.2 Å². The summed E-state index contributed by atoms with van der Waals surface area (Å²) in [6.07, 6.45) is 3.45. The van der Waals surface area contributed by atoms with Gasteiger partial charge in [-0.2, -0.15) is 0 Å². The number of nitrogens with zero attached hydrogens (tertiary/aromatic N) is 1. The molecule has 0 radical (unpaired) electrons. The number of amides is 2. The van der Waals surface area contributed by atoms with Gasteiger partial charge in [0.15, 0.2) is 0 Å². The van der Waals surface area contributed by atoms with E-state index in [0.717, 1.165) is 15.4 Å². The minimum absolute atomic E-state index is 0.149. The predicted octanol–water partition coefficient (Wildman–Crippen LogP) is 3.41. The number of carboxylic acids is 1. The van der Waals surface area contributed by atoms with Crippen LogP contribution in [0.25, 0.3) is 11.6 Å². The van der Waals surface area contributed by atoms with Gasteiger partial charge in [0.2, 0.25) is 0 Å². The first-order chi connectivity index (χ1) is 12.5. The zero-order chi connectivity index (χ0) is 18.7. The number of aliphatic carboxylic acids is 1. The van der Waals surface area contributed by atoms with E-state index in [1.807, 2.05) is 30.5 Å². The fourth-order valence-electron chi connectivity index (χ4n) is 2.82. The predicted molar refractivity (Wildman–Crippen MR) is 101 cm³/mol. The van der Waals surface area contributed by atoms with Crippen molar-refractivity contribution in [3.63, 3.8) is 0 Å². The van der Waals surface area contributed by atoms with Crippen molar-refractivity contribution in [2.24, 2.45) is 0 Å². The number of carbonyl (C=O) groups is 3. The highest BCUT2D eigenvalue weighted by Gasteiger charge is 2.34. The van der Waals surface area contributed by atoms with Gasteiger partial charge in [0.05, 0.1) is 6.42 Å². The van der Waals surface area contributed by atoms with Gasteiger partial charge in [0.25, 0.3) is 11.8 Å².